The number of nitrogens with zero attached hydrogens (tertiary/aromatic N) is 1. The summed E-state index contributed by atoms with van der Waals surface area (Å²) in [5.41, 5.74) is 5.66. The highest BCUT2D eigenvalue weighted by Crippen LogP contribution is 2.28. The zero-order valence-corrected chi connectivity index (χ0v) is 9.53. The second-order valence-electron chi connectivity index (χ2n) is 4.38. The van der Waals surface area contributed by atoms with Crippen LogP contribution in [0.5, 0.6) is 5.88 Å². The van der Waals surface area contributed by atoms with E-state index < -0.39 is 11.6 Å². The zero-order chi connectivity index (χ0) is 12.3. The molecule has 1 aromatic heterocycles. The number of halogens is 2. The lowest BCUT2D eigenvalue weighted by molar-refractivity contribution is 0.0874. The Labute approximate surface area is 99.0 Å². The van der Waals surface area contributed by atoms with Crippen LogP contribution in [0.3, 0.4) is 0 Å². The molecule has 1 aliphatic carbocycles. The second kappa shape index (κ2) is 5.40. The van der Waals surface area contributed by atoms with Crippen molar-refractivity contribution in [3.05, 3.63) is 23.9 Å². The third kappa shape index (κ3) is 2.91. The van der Waals surface area contributed by atoms with Gasteiger partial charge >= 0.3 is 0 Å². The molecule has 0 aromatic carbocycles. The molecule has 0 aliphatic heterocycles. The minimum atomic E-state index is -0.758. The summed E-state index contributed by atoms with van der Waals surface area (Å²) in [5.74, 6) is -1.35. The van der Waals surface area contributed by atoms with Crippen molar-refractivity contribution in [1.82, 2.24) is 4.98 Å². The molecule has 1 heterocycles. The first-order valence-corrected chi connectivity index (χ1v) is 5.88. The van der Waals surface area contributed by atoms with E-state index >= 15 is 0 Å². The second-order valence-corrected chi connectivity index (χ2v) is 4.38. The predicted molar refractivity (Wildman–Crippen MR) is 59.6 cm³/mol. The lowest BCUT2D eigenvalue weighted by Crippen LogP contribution is -2.35. The Balaban J connectivity index is 2.08. The number of pyridine rings is 1. The average Bonchev–Trinajstić information content (AvgIpc) is 2.33. The summed E-state index contributed by atoms with van der Waals surface area (Å²) in [6, 6.07) is 0.780. The largest absolute Gasteiger partial charge is 0.472 e. The first kappa shape index (κ1) is 12.2. The van der Waals surface area contributed by atoms with E-state index in [4.69, 9.17) is 10.5 Å². The molecule has 94 valence electrons. The minimum Gasteiger partial charge on any atom is -0.472 e. The van der Waals surface area contributed by atoms with Gasteiger partial charge in [0.1, 0.15) is 11.9 Å². The summed E-state index contributed by atoms with van der Waals surface area (Å²) >= 11 is 0. The van der Waals surface area contributed by atoms with E-state index in [2.05, 4.69) is 4.98 Å². The number of aromatic nitrogens is 1. The lowest BCUT2D eigenvalue weighted by Gasteiger charge is -2.30. The third-order valence-electron chi connectivity index (χ3n) is 3.18. The highest BCUT2D eigenvalue weighted by Gasteiger charge is 2.26. The highest BCUT2D eigenvalue weighted by atomic mass is 19.1. The fraction of sp³-hybridized carbons (Fsp3) is 0.583. The number of hydrogen-bond acceptors (Lipinski definition) is 3. The van der Waals surface area contributed by atoms with Crippen molar-refractivity contribution in [2.45, 2.75) is 31.8 Å². The van der Waals surface area contributed by atoms with E-state index in [1.165, 1.54) is 0 Å². The molecule has 0 amide bonds. The van der Waals surface area contributed by atoms with E-state index in [1.54, 1.807) is 0 Å². The van der Waals surface area contributed by atoms with E-state index in [0.717, 1.165) is 37.9 Å². The first-order chi connectivity index (χ1) is 8.20. The molecule has 2 atom stereocenters. The molecule has 1 aromatic rings. The third-order valence-corrected chi connectivity index (χ3v) is 3.18. The fourth-order valence-corrected chi connectivity index (χ4v) is 2.23. The van der Waals surface area contributed by atoms with Crippen LogP contribution in [-0.4, -0.2) is 17.6 Å². The number of rotatable bonds is 3. The lowest BCUT2D eigenvalue weighted by atomic mass is 9.86. The predicted octanol–water partition coefficient (Wildman–Crippen LogP) is 2.26. The Hall–Kier alpha value is -1.23. The minimum absolute atomic E-state index is 0.110. The van der Waals surface area contributed by atoms with Gasteiger partial charge in [-0.05, 0) is 25.8 Å². The number of hydrogen-bond donors (Lipinski definition) is 1. The van der Waals surface area contributed by atoms with Gasteiger partial charge in [0.25, 0.3) is 5.88 Å². The van der Waals surface area contributed by atoms with Gasteiger partial charge in [-0.1, -0.05) is 6.42 Å². The van der Waals surface area contributed by atoms with E-state index in [9.17, 15) is 8.78 Å². The van der Waals surface area contributed by atoms with Gasteiger partial charge in [-0.2, -0.15) is 0 Å². The standard InChI is InChI=1S/C12H16F2N2O/c13-9-5-10(14)12(16-7-9)17-11-4-2-1-3-8(11)6-15/h5,7-8,11H,1-4,6,15H2. The summed E-state index contributed by atoms with van der Waals surface area (Å²) < 4.78 is 31.6. The monoisotopic (exact) mass is 242 g/mol. The Morgan fingerprint density at radius 3 is 2.82 bits per heavy atom. The van der Waals surface area contributed by atoms with Crippen molar-refractivity contribution in [2.75, 3.05) is 6.54 Å². The van der Waals surface area contributed by atoms with Crippen LogP contribution >= 0.6 is 0 Å². The van der Waals surface area contributed by atoms with Gasteiger partial charge in [0.05, 0.1) is 6.20 Å². The van der Waals surface area contributed by atoms with Crippen molar-refractivity contribution in [2.24, 2.45) is 11.7 Å². The average molecular weight is 242 g/mol. The van der Waals surface area contributed by atoms with Crippen LogP contribution in [0.4, 0.5) is 8.78 Å². The molecule has 2 rings (SSSR count). The summed E-state index contributed by atoms with van der Waals surface area (Å²) in [7, 11) is 0. The van der Waals surface area contributed by atoms with Gasteiger partial charge < -0.3 is 10.5 Å². The van der Waals surface area contributed by atoms with Crippen LogP contribution in [0.15, 0.2) is 12.3 Å². The van der Waals surface area contributed by atoms with Crippen molar-refractivity contribution in [1.29, 1.82) is 0 Å². The SMILES string of the molecule is NCC1CCCCC1Oc1ncc(F)cc1F. The van der Waals surface area contributed by atoms with Gasteiger partial charge in [0.2, 0.25) is 0 Å². The van der Waals surface area contributed by atoms with Crippen LogP contribution in [0.25, 0.3) is 0 Å². The maximum Gasteiger partial charge on any atom is 0.250 e. The molecule has 2 unspecified atom stereocenters. The van der Waals surface area contributed by atoms with E-state index in [1.807, 2.05) is 0 Å². The summed E-state index contributed by atoms with van der Waals surface area (Å²) in [4.78, 5) is 3.63. The molecule has 0 radical (unpaired) electrons. The van der Waals surface area contributed by atoms with Gasteiger partial charge in [0.15, 0.2) is 5.82 Å². The number of nitrogens with two attached hydrogens (primary N) is 1. The molecule has 17 heavy (non-hydrogen) atoms. The highest BCUT2D eigenvalue weighted by molar-refractivity contribution is 5.14. The topological polar surface area (TPSA) is 48.1 Å². The quantitative estimate of drug-likeness (QED) is 0.884. The number of ether oxygens (including phenoxy) is 1. The van der Waals surface area contributed by atoms with Crippen molar-refractivity contribution < 1.29 is 13.5 Å². The Bertz CT molecular complexity index is 387. The van der Waals surface area contributed by atoms with Crippen LogP contribution in [0.2, 0.25) is 0 Å². The Morgan fingerprint density at radius 1 is 1.35 bits per heavy atom. The molecule has 5 heteroatoms. The van der Waals surface area contributed by atoms with Crippen molar-refractivity contribution >= 4 is 0 Å². The normalized spacial score (nSPS) is 24.6. The van der Waals surface area contributed by atoms with Crippen molar-refractivity contribution in [3.8, 4) is 5.88 Å². The Morgan fingerprint density at radius 2 is 2.12 bits per heavy atom. The van der Waals surface area contributed by atoms with Gasteiger partial charge in [-0.3, -0.25) is 0 Å². The summed E-state index contributed by atoms with van der Waals surface area (Å²) in [6.07, 6.45) is 4.86. The van der Waals surface area contributed by atoms with E-state index in [0.29, 0.717) is 6.54 Å². The zero-order valence-electron chi connectivity index (χ0n) is 9.53. The smallest absolute Gasteiger partial charge is 0.250 e. The molecule has 3 nitrogen and oxygen atoms in total. The van der Waals surface area contributed by atoms with Gasteiger partial charge in [0, 0.05) is 12.0 Å². The van der Waals surface area contributed by atoms with Crippen LogP contribution < -0.4 is 10.5 Å². The molecular weight excluding hydrogens is 226 g/mol. The molecule has 1 aliphatic rings. The molecule has 2 N–H and O–H groups in total. The van der Waals surface area contributed by atoms with Crippen molar-refractivity contribution in [3.63, 3.8) is 0 Å². The fourth-order valence-electron chi connectivity index (χ4n) is 2.23. The molecule has 1 saturated carbocycles. The maximum absolute atomic E-state index is 13.4. The van der Waals surface area contributed by atoms with Crippen LogP contribution in [0, 0.1) is 17.6 Å². The van der Waals surface area contributed by atoms with Crippen LogP contribution in [-0.2, 0) is 0 Å². The van der Waals surface area contributed by atoms with Crippen LogP contribution in [0.1, 0.15) is 25.7 Å². The van der Waals surface area contributed by atoms with Gasteiger partial charge in [-0.15, -0.1) is 0 Å². The summed E-state index contributed by atoms with van der Waals surface area (Å²) in [6.45, 7) is 0.521. The molecular formula is C12H16F2N2O. The molecule has 1 fully saturated rings. The maximum atomic E-state index is 13.4. The first-order valence-electron chi connectivity index (χ1n) is 5.88. The van der Waals surface area contributed by atoms with E-state index in [-0.39, 0.29) is 17.9 Å². The van der Waals surface area contributed by atoms with Gasteiger partial charge in [-0.25, -0.2) is 13.8 Å². The summed E-state index contributed by atoms with van der Waals surface area (Å²) in [5, 5.41) is 0. The molecule has 0 spiro atoms. The Kier molecular flexibility index (Phi) is 3.89. The molecule has 0 saturated heterocycles. The molecule has 0 bridgehead atoms.